The van der Waals surface area contributed by atoms with Crippen LogP contribution < -0.4 is 5.32 Å². The van der Waals surface area contributed by atoms with Gasteiger partial charge in [-0.15, -0.1) is 0 Å². The molecular weight excluding hydrogens is 248 g/mol. The second-order valence-electron chi connectivity index (χ2n) is 5.31. The summed E-state index contributed by atoms with van der Waals surface area (Å²) in [5.74, 6) is 1.77. The maximum absolute atomic E-state index is 11.0. The predicted molar refractivity (Wildman–Crippen MR) is 75.1 cm³/mol. The van der Waals surface area contributed by atoms with Gasteiger partial charge in [0.2, 0.25) is 0 Å². The number of rotatable bonds is 5. The van der Waals surface area contributed by atoms with E-state index in [1.54, 1.807) is 0 Å². The molecule has 2 fully saturated rings. The highest BCUT2D eigenvalue weighted by Gasteiger charge is 2.26. The summed E-state index contributed by atoms with van der Waals surface area (Å²) in [4.78, 5) is 13.5. The SMILES string of the molecule is O=C(O)C1CCCC(NCCN2CCSCC2)C1. The first kappa shape index (κ1) is 14.2. The van der Waals surface area contributed by atoms with Gasteiger partial charge >= 0.3 is 5.97 Å². The van der Waals surface area contributed by atoms with E-state index in [1.807, 2.05) is 11.8 Å². The van der Waals surface area contributed by atoms with Crippen molar-refractivity contribution in [3.63, 3.8) is 0 Å². The van der Waals surface area contributed by atoms with Gasteiger partial charge in [-0.25, -0.2) is 0 Å². The third-order valence-corrected chi connectivity index (χ3v) is 4.93. The first-order valence-corrected chi connectivity index (χ1v) is 8.17. The topological polar surface area (TPSA) is 52.6 Å². The Hall–Kier alpha value is -0.260. The van der Waals surface area contributed by atoms with Gasteiger partial charge in [0.25, 0.3) is 0 Å². The normalized spacial score (nSPS) is 30.2. The summed E-state index contributed by atoms with van der Waals surface area (Å²) in [5, 5.41) is 12.6. The summed E-state index contributed by atoms with van der Waals surface area (Å²) in [5.41, 5.74) is 0. The Morgan fingerprint density at radius 1 is 1.33 bits per heavy atom. The Morgan fingerprint density at radius 2 is 2.11 bits per heavy atom. The number of carbonyl (C=O) groups is 1. The second kappa shape index (κ2) is 7.36. The molecule has 2 aliphatic rings. The Kier molecular flexibility index (Phi) is 5.79. The largest absolute Gasteiger partial charge is 0.481 e. The molecule has 0 spiro atoms. The van der Waals surface area contributed by atoms with Crippen LogP contribution in [0.15, 0.2) is 0 Å². The minimum Gasteiger partial charge on any atom is -0.481 e. The van der Waals surface area contributed by atoms with Crippen LogP contribution in [0.3, 0.4) is 0 Å². The predicted octanol–water partition coefficient (Wildman–Crippen LogP) is 1.27. The molecule has 0 aromatic heterocycles. The van der Waals surface area contributed by atoms with Gasteiger partial charge in [0.1, 0.15) is 0 Å². The Labute approximate surface area is 113 Å². The lowest BCUT2D eigenvalue weighted by Crippen LogP contribution is -2.42. The fraction of sp³-hybridized carbons (Fsp3) is 0.923. The number of hydrogen-bond donors (Lipinski definition) is 2. The van der Waals surface area contributed by atoms with Gasteiger partial charge < -0.3 is 15.3 Å². The molecule has 0 amide bonds. The Balaban J connectivity index is 1.62. The molecule has 0 aromatic carbocycles. The van der Waals surface area contributed by atoms with Gasteiger partial charge in [-0.2, -0.15) is 11.8 Å². The smallest absolute Gasteiger partial charge is 0.306 e. The van der Waals surface area contributed by atoms with Gasteiger partial charge in [0, 0.05) is 43.7 Å². The zero-order valence-corrected chi connectivity index (χ0v) is 11.8. The summed E-state index contributed by atoms with van der Waals surface area (Å²) in [7, 11) is 0. The zero-order chi connectivity index (χ0) is 12.8. The molecule has 0 aromatic rings. The van der Waals surface area contributed by atoms with Crippen molar-refractivity contribution in [3.8, 4) is 0 Å². The first-order chi connectivity index (χ1) is 8.75. The van der Waals surface area contributed by atoms with E-state index >= 15 is 0 Å². The molecule has 104 valence electrons. The van der Waals surface area contributed by atoms with E-state index in [1.165, 1.54) is 24.6 Å². The molecule has 1 saturated heterocycles. The zero-order valence-electron chi connectivity index (χ0n) is 10.9. The van der Waals surface area contributed by atoms with Crippen LogP contribution in [0.5, 0.6) is 0 Å². The van der Waals surface area contributed by atoms with Crippen LogP contribution in [-0.2, 0) is 4.79 Å². The van der Waals surface area contributed by atoms with Crippen LogP contribution in [0.25, 0.3) is 0 Å². The molecule has 2 rings (SSSR count). The Morgan fingerprint density at radius 3 is 2.83 bits per heavy atom. The first-order valence-electron chi connectivity index (χ1n) is 7.02. The van der Waals surface area contributed by atoms with Crippen molar-refractivity contribution in [2.24, 2.45) is 5.92 Å². The third-order valence-electron chi connectivity index (χ3n) is 3.99. The van der Waals surface area contributed by atoms with Gasteiger partial charge in [-0.3, -0.25) is 4.79 Å². The maximum atomic E-state index is 11.0. The van der Waals surface area contributed by atoms with E-state index in [4.69, 9.17) is 5.11 Å². The quantitative estimate of drug-likeness (QED) is 0.789. The van der Waals surface area contributed by atoms with Crippen LogP contribution >= 0.6 is 11.8 Å². The number of nitrogens with zero attached hydrogens (tertiary/aromatic N) is 1. The van der Waals surface area contributed by atoms with E-state index in [-0.39, 0.29) is 5.92 Å². The van der Waals surface area contributed by atoms with Gasteiger partial charge in [-0.05, 0) is 19.3 Å². The van der Waals surface area contributed by atoms with Crippen LogP contribution in [-0.4, -0.2) is 59.7 Å². The van der Waals surface area contributed by atoms with Crippen LogP contribution in [0, 0.1) is 5.92 Å². The van der Waals surface area contributed by atoms with Crippen molar-refractivity contribution in [2.75, 3.05) is 37.7 Å². The third kappa shape index (κ3) is 4.44. The highest BCUT2D eigenvalue weighted by atomic mass is 32.2. The lowest BCUT2D eigenvalue weighted by molar-refractivity contribution is -0.143. The van der Waals surface area contributed by atoms with Crippen LogP contribution in [0.1, 0.15) is 25.7 Å². The maximum Gasteiger partial charge on any atom is 0.306 e. The number of thioether (sulfide) groups is 1. The number of carboxylic acids is 1. The monoisotopic (exact) mass is 272 g/mol. The summed E-state index contributed by atoms with van der Waals surface area (Å²) < 4.78 is 0. The lowest BCUT2D eigenvalue weighted by atomic mass is 9.86. The minimum absolute atomic E-state index is 0.123. The molecule has 0 bridgehead atoms. The fourth-order valence-electron chi connectivity index (χ4n) is 2.85. The summed E-state index contributed by atoms with van der Waals surface area (Å²) in [6, 6.07) is 0.416. The van der Waals surface area contributed by atoms with Crippen molar-refractivity contribution < 1.29 is 9.90 Å². The van der Waals surface area contributed by atoms with Gasteiger partial charge in [-0.1, -0.05) is 6.42 Å². The molecule has 1 aliphatic carbocycles. The summed E-state index contributed by atoms with van der Waals surface area (Å²) in [6.07, 6.45) is 3.86. The molecular formula is C13H24N2O2S. The Bertz CT molecular complexity index is 270. The van der Waals surface area contributed by atoms with Crippen molar-refractivity contribution in [2.45, 2.75) is 31.7 Å². The fourth-order valence-corrected chi connectivity index (χ4v) is 3.83. The average molecular weight is 272 g/mol. The lowest BCUT2D eigenvalue weighted by Gasteiger charge is -2.30. The van der Waals surface area contributed by atoms with Crippen LogP contribution in [0.2, 0.25) is 0 Å². The molecule has 2 N–H and O–H groups in total. The molecule has 2 unspecified atom stereocenters. The average Bonchev–Trinajstić information content (AvgIpc) is 2.40. The molecule has 18 heavy (non-hydrogen) atoms. The highest BCUT2D eigenvalue weighted by Crippen LogP contribution is 2.24. The van der Waals surface area contributed by atoms with Crippen molar-refractivity contribution in [1.29, 1.82) is 0 Å². The van der Waals surface area contributed by atoms with Crippen molar-refractivity contribution >= 4 is 17.7 Å². The number of carboxylic acid groups (broad SMARTS) is 1. The van der Waals surface area contributed by atoms with E-state index in [9.17, 15) is 4.79 Å². The molecule has 5 heteroatoms. The van der Waals surface area contributed by atoms with E-state index in [0.29, 0.717) is 6.04 Å². The van der Waals surface area contributed by atoms with Gasteiger partial charge in [0.05, 0.1) is 5.92 Å². The number of nitrogens with one attached hydrogen (secondary N) is 1. The molecule has 1 heterocycles. The summed E-state index contributed by atoms with van der Waals surface area (Å²) in [6.45, 7) is 4.51. The standard InChI is InChI=1S/C13H24N2O2S/c16-13(17)11-2-1-3-12(10-11)14-4-5-15-6-8-18-9-7-15/h11-12,14H,1-10H2,(H,16,17). The van der Waals surface area contributed by atoms with Gasteiger partial charge in [0.15, 0.2) is 0 Å². The molecule has 1 saturated carbocycles. The highest BCUT2D eigenvalue weighted by molar-refractivity contribution is 7.99. The second-order valence-corrected chi connectivity index (χ2v) is 6.53. The summed E-state index contributed by atoms with van der Waals surface area (Å²) >= 11 is 2.04. The molecule has 1 aliphatic heterocycles. The minimum atomic E-state index is -0.616. The van der Waals surface area contributed by atoms with Crippen LogP contribution in [0.4, 0.5) is 0 Å². The van der Waals surface area contributed by atoms with Crippen molar-refractivity contribution in [3.05, 3.63) is 0 Å². The molecule has 0 radical (unpaired) electrons. The number of hydrogen-bond acceptors (Lipinski definition) is 4. The van der Waals surface area contributed by atoms with E-state index in [0.717, 1.165) is 38.8 Å². The number of aliphatic carboxylic acids is 1. The van der Waals surface area contributed by atoms with E-state index in [2.05, 4.69) is 10.2 Å². The van der Waals surface area contributed by atoms with Crippen molar-refractivity contribution in [1.82, 2.24) is 10.2 Å². The molecule has 2 atom stereocenters. The van der Waals surface area contributed by atoms with E-state index < -0.39 is 5.97 Å². The molecule has 4 nitrogen and oxygen atoms in total.